The van der Waals surface area contributed by atoms with Crippen LogP contribution in [0.5, 0.6) is 11.5 Å². The van der Waals surface area contributed by atoms with Gasteiger partial charge in [0.25, 0.3) is 0 Å². The average Bonchev–Trinajstić information content (AvgIpc) is 3.18. The van der Waals surface area contributed by atoms with E-state index in [4.69, 9.17) is 23.7 Å². The highest BCUT2D eigenvalue weighted by Gasteiger charge is 2.08. The third kappa shape index (κ3) is 6.03. The molecule has 158 valence electrons. The van der Waals surface area contributed by atoms with Gasteiger partial charge in [-0.25, -0.2) is 4.98 Å². The molecule has 0 amide bonds. The number of ether oxygens (including phenoxy) is 5. The lowest BCUT2D eigenvalue weighted by Crippen LogP contribution is -2.13. The number of para-hydroxylation sites is 1. The first kappa shape index (κ1) is 20.8. The van der Waals surface area contributed by atoms with Crippen LogP contribution in [0.4, 0.5) is 0 Å². The zero-order chi connectivity index (χ0) is 20.4. The summed E-state index contributed by atoms with van der Waals surface area (Å²) in [6.45, 7) is 4.08. The van der Waals surface area contributed by atoms with E-state index in [-0.39, 0.29) is 0 Å². The standard InChI is InChI=1S/C23H25NO5S/c1-2-4-22-19(3-1)24-23(30-22)8-6-18-5-7-20-21(17-18)29-16-14-27-12-10-25-9-11-26-13-15-28-20/h1-8,17H,9-16H2/b8-6-. The fourth-order valence-electron chi connectivity index (χ4n) is 2.95. The topological polar surface area (TPSA) is 59.0 Å². The maximum absolute atomic E-state index is 5.93. The van der Waals surface area contributed by atoms with Gasteiger partial charge in [0.15, 0.2) is 11.5 Å². The van der Waals surface area contributed by atoms with Gasteiger partial charge in [0, 0.05) is 0 Å². The fraction of sp³-hybridized carbons (Fsp3) is 0.348. The lowest BCUT2D eigenvalue weighted by atomic mass is 10.2. The molecule has 0 aliphatic carbocycles. The predicted molar refractivity (Wildman–Crippen MR) is 118 cm³/mol. The molecule has 0 radical (unpaired) electrons. The van der Waals surface area contributed by atoms with Crippen molar-refractivity contribution >= 4 is 33.7 Å². The normalized spacial score (nSPS) is 16.9. The van der Waals surface area contributed by atoms with Crippen molar-refractivity contribution in [1.82, 2.24) is 4.98 Å². The summed E-state index contributed by atoms with van der Waals surface area (Å²) < 4.78 is 29.4. The van der Waals surface area contributed by atoms with Crippen LogP contribution in [0.25, 0.3) is 22.4 Å². The van der Waals surface area contributed by atoms with Crippen LogP contribution >= 0.6 is 11.3 Å². The number of thiazole rings is 1. The Morgan fingerprint density at radius 3 is 2.10 bits per heavy atom. The van der Waals surface area contributed by atoms with Gasteiger partial charge >= 0.3 is 0 Å². The Kier molecular flexibility index (Phi) is 7.69. The smallest absolute Gasteiger partial charge is 0.161 e. The molecular formula is C23H25NO5S. The van der Waals surface area contributed by atoms with Gasteiger partial charge < -0.3 is 23.7 Å². The first-order valence-corrected chi connectivity index (χ1v) is 10.9. The van der Waals surface area contributed by atoms with Gasteiger partial charge in [0.1, 0.15) is 18.2 Å². The van der Waals surface area contributed by atoms with Crippen LogP contribution in [0, 0.1) is 0 Å². The lowest BCUT2D eigenvalue weighted by Gasteiger charge is -2.13. The molecule has 0 saturated heterocycles. The molecular weight excluding hydrogens is 402 g/mol. The van der Waals surface area contributed by atoms with Crippen LogP contribution in [0.2, 0.25) is 0 Å². The molecule has 4 rings (SSSR count). The Morgan fingerprint density at radius 1 is 0.700 bits per heavy atom. The van der Waals surface area contributed by atoms with Gasteiger partial charge in [-0.05, 0) is 35.9 Å². The highest BCUT2D eigenvalue weighted by atomic mass is 32.1. The number of aromatic nitrogens is 1. The molecule has 7 heteroatoms. The monoisotopic (exact) mass is 427 g/mol. The molecule has 0 N–H and O–H groups in total. The molecule has 0 bridgehead atoms. The van der Waals surface area contributed by atoms with Crippen LogP contribution in [0.3, 0.4) is 0 Å². The molecule has 1 aromatic heterocycles. The van der Waals surface area contributed by atoms with Gasteiger partial charge in [-0.15, -0.1) is 11.3 Å². The minimum Gasteiger partial charge on any atom is -0.487 e. The Morgan fingerprint density at radius 2 is 1.37 bits per heavy atom. The van der Waals surface area contributed by atoms with E-state index in [2.05, 4.69) is 11.1 Å². The van der Waals surface area contributed by atoms with Crippen LogP contribution in [0.15, 0.2) is 42.5 Å². The summed E-state index contributed by atoms with van der Waals surface area (Å²) in [5, 5.41) is 0.970. The zero-order valence-corrected chi connectivity index (χ0v) is 17.6. The van der Waals surface area contributed by atoms with E-state index in [1.165, 1.54) is 4.70 Å². The molecule has 0 fully saturated rings. The van der Waals surface area contributed by atoms with Crippen LogP contribution in [0.1, 0.15) is 10.6 Å². The number of hydrogen-bond donors (Lipinski definition) is 0. The van der Waals surface area contributed by atoms with Gasteiger partial charge in [-0.2, -0.15) is 0 Å². The number of rotatable bonds is 2. The molecule has 30 heavy (non-hydrogen) atoms. The van der Waals surface area contributed by atoms with E-state index in [0.717, 1.165) is 16.1 Å². The maximum Gasteiger partial charge on any atom is 0.161 e. The molecule has 0 atom stereocenters. The summed E-state index contributed by atoms with van der Waals surface area (Å²) in [6.07, 6.45) is 4.06. The van der Waals surface area contributed by atoms with Crippen molar-refractivity contribution in [2.24, 2.45) is 0 Å². The van der Waals surface area contributed by atoms with Crippen LogP contribution < -0.4 is 9.47 Å². The van der Waals surface area contributed by atoms with Gasteiger partial charge in [-0.1, -0.05) is 24.3 Å². The van der Waals surface area contributed by atoms with Crippen molar-refractivity contribution in [3.63, 3.8) is 0 Å². The highest BCUT2D eigenvalue weighted by Crippen LogP contribution is 2.30. The molecule has 1 aliphatic heterocycles. The molecule has 2 heterocycles. The molecule has 0 saturated carbocycles. The Bertz CT molecular complexity index is 938. The van der Waals surface area contributed by atoms with E-state index in [0.29, 0.717) is 64.4 Å². The van der Waals surface area contributed by atoms with E-state index in [1.807, 2.05) is 48.6 Å². The molecule has 2 aromatic carbocycles. The quantitative estimate of drug-likeness (QED) is 0.608. The Labute approximate surface area is 180 Å². The minimum absolute atomic E-state index is 0.442. The number of hydrogen-bond acceptors (Lipinski definition) is 7. The first-order chi connectivity index (χ1) is 14.9. The van der Waals surface area contributed by atoms with E-state index < -0.39 is 0 Å². The summed E-state index contributed by atoms with van der Waals surface area (Å²) in [5.41, 5.74) is 2.03. The van der Waals surface area contributed by atoms with Crippen molar-refractivity contribution in [2.75, 3.05) is 52.9 Å². The van der Waals surface area contributed by atoms with Gasteiger partial charge in [0.2, 0.25) is 0 Å². The molecule has 6 nitrogen and oxygen atoms in total. The molecule has 0 unspecified atom stereocenters. The predicted octanol–water partition coefficient (Wildman–Crippen LogP) is 4.29. The maximum atomic E-state index is 5.93. The average molecular weight is 428 g/mol. The molecule has 0 spiro atoms. The highest BCUT2D eigenvalue weighted by molar-refractivity contribution is 7.19. The molecule has 3 aromatic rings. The van der Waals surface area contributed by atoms with Crippen molar-refractivity contribution in [1.29, 1.82) is 0 Å². The number of fused-ring (bicyclic) bond motifs is 2. The Hall–Kier alpha value is -2.45. The van der Waals surface area contributed by atoms with E-state index in [9.17, 15) is 0 Å². The molecule has 1 aliphatic rings. The van der Waals surface area contributed by atoms with Crippen LogP contribution in [-0.4, -0.2) is 57.8 Å². The number of nitrogens with zero attached hydrogens (tertiary/aromatic N) is 1. The van der Waals surface area contributed by atoms with Crippen molar-refractivity contribution < 1.29 is 23.7 Å². The summed E-state index contributed by atoms with van der Waals surface area (Å²) >= 11 is 1.67. The van der Waals surface area contributed by atoms with Crippen LogP contribution in [-0.2, 0) is 14.2 Å². The number of benzene rings is 2. The fourth-order valence-corrected chi connectivity index (χ4v) is 3.82. The summed E-state index contributed by atoms with van der Waals surface area (Å²) in [7, 11) is 0. The second-order valence-corrected chi connectivity index (χ2v) is 7.66. The lowest BCUT2D eigenvalue weighted by molar-refractivity contribution is 0.00708. The largest absolute Gasteiger partial charge is 0.487 e. The van der Waals surface area contributed by atoms with Crippen molar-refractivity contribution in [3.8, 4) is 11.5 Å². The third-order valence-electron chi connectivity index (χ3n) is 4.41. The first-order valence-electron chi connectivity index (χ1n) is 10.0. The minimum atomic E-state index is 0.442. The Balaban J connectivity index is 1.46. The SMILES string of the molecule is C(=C/c1nc2ccccc2s1)/c1ccc2c(c1)OCCOCCOCCOCCO2. The van der Waals surface area contributed by atoms with E-state index in [1.54, 1.807) is 11.3 Å². The van der Waals surface area contributed by atoms with E-state index >= 15 is 0 Å². The zero-order valence-electron chi connectivity index (χ0n) is 16.7. The summed E-state index contributed by atoms with van der Waals surface area (Å²) in [4.78, 5) is 4.64. The van der Waals surface area contributed by atoms with Gasteiger partial charge in [-0.3, -0.25) is 0 Å². The van der Waals surface area contributed by atoms with Crippen molar-refractivity contribution in [3.05, 3.63) is 53.0 Å². The second-order valence-electron chi connectivity index (χ2n) is 6.59. The summed E-state index contributed by atoms with van der Waals surface area (Å²) in [6, 6.07) is 14.1. The van der Waals surface area contributed by atoms with Crippen molar-refractivity contribution in [2.45, 2.75) is 0 Å². The second kappa shape index (κ2) is 11.1. The summed E-state index contributed by atoms with van der Waals surface area (Å²) in [5.74, 6) is 1.39. The van der Waals surface area contributed by atoms with Gasteiger partial charge in [0.05, 0.1) is 49.9 Å². The third-order valence-corrected chi connectivity index (χ3v) is 5.41.